The van der Waals surface area contributed by atoms with E-state index in [4.69, 9.17) is 5.11 Å². The second-order valence-corrected chi connectivity index (χ2v) is 6.13. The molecule has 0 bridgehead atoms. The lowest BCUT2D eigenvalue weighted by molar-refractivity contribution is -0.117. The van der Waals surface area contributed by atoms with Gasteiger partial charge in [-0.25, -0.2) is 4.79 Å². The predicted molar refractivity (Wildman–Crippen MR) is 88.8 cm³/mol. The molecule has 1 aliphatic rings. The number of anilines is 1. The minimum atomic E-state index is -0.984. The fraction of sp³-hybridized carbons (Fsp3) is 0.263. The van der Waals surface area contributed by atoms with Crippen LogP contribution in [0, 0.1) is 19.8 Å². The average Bonchev–Trinajstić information content (AvgIpc) is 3.30. The van der Waals surface area contributed by atoms with E-state index in [0.29, 0.717) is 11.3 Å². The second kappa shape index (κ2) is 5.88. The van der Waals surface area contributed by atoms with E-state index in [1.807, 2.05) is 12.1 Å². The molecule has 4 nitrogen and oxygen atoms in total. The van der Waals surface area contributed by atoms with Gasteiger partial charge < -0.3 is 10.4 Å². The molecule has 23 heavy (non-hydrogen) atoms. The number of carbonyl (C=O) groups excluding carboxylic acids is 1. The van der Waals surface area contributed by atoms with Crippen LogP contribution in [0.15, 0.2) is 42.5 Å². The predicted octanol–water partition coefficient (Wildman–Crippen LogP) is 3.74. The number of carboxylic acid groups (broad SMARTS) is 1. The molecule has 3 rings (SSSR count). The number of rotatable bonds is 4. The molecule has 2 unspecified atom stereocenters. The lowest BCUT2D eigenvalue weighted by Crippen LogP contribution is -2.15. The Bertz CT molecular complexity index is 782. The third-order valence-corrected chi connectivity index (χ3v) is 4.45. The largest absolute Gasteiger partial charge is 0.478 e. The second-order valence-electron chi connectivity index (χ2n) is 6.13. The van der Waals surface area contributed by atoms with E-state index in [9.17, 15) is 9.59 Å². The van der Waals surface area contributed by atoms with Gasteiger partial charge in [0.2, 0.25) is 5.91 Å². The summed E-state index contributed by atoms with van der Waals surface area (Å²) in [6.07, 6.45) is 0.842. The van der Waals surface area contributed by atoms with Gasteiger partial charge in [-0.2, -0.15) is 0 Å². The first-order valence-electron chi connectivity index (χ1n) is 7.67. The molecule has 1 saturated carbocycles. The van der Waals surface area contributed by atoms with Crippen LogP contribution in [0.1, 0.15) is 39.4 Å². The third-order valence-electron chi connectivity index (χ3n) is 4.45. The monoisotopic (exact) mass is 309 g/mol. The maximum Gasteiger partial charge on any atom is 0.336 e. The number of carbonyl (C=O) groups is 2. The average molecular weight is 309 g/mol. The minimum absolute atomic E-state index is 0.0364. The van der Waals surface area contributed by atoms with Crippen LogP contribution in [0.5, 0.6) is 0 Å². The van der Waals surface area contributed by atoms with E-state index in [1.165, 1.54) is 17.2 Å². The Morgan fingerprint density at radius 3 is 2.52 bits per heavy atom. The quantitative estimate of drug-likeness (QED) is 0.904. The molecule has 2 N–H and O–H groups in total. The number of benzene rings is 2. The Balaban J connectivity index is 1.71. The molecule has 1 aliphatic carbocycles. The molecule has 0 radical (unpaired) electrons. The summed E-state index contributed by atoms with van der Waals surface area (Å²) in [7, 11) is 0. The number of carboxylic acids is 1. The van der Waals surface area contributed by atoms with Crippen molar-refractivity contribution in [3.8, 4) is 0 Å². The first-order chi connectivity index (χ1) is 11.0. The fourth-order valence-electron chi connectivity index (χ4n) is 3.00. The standard InChI is InChI=1S/C19H19NO3/c1-11-5-3-4-6-14(11)16-10-17(16)18(21)20-13-8-7-12(2)15(9-13)19(22)23/h3-9,16-17H,10H2,1-2H3,(H,20,21)(H,22,23). The van der Waals surface area contributed by atoms with Crippen molar-refractivity contribution in [2.75, 3.05) is 5.32 Å². The molecular formula is C19H19NO3. The summed E-state index contributed by atoms with van der Waals surface area (Å²) in [6.45, 7) is 3.80. The number of aromatic carboxylic acids is 1. The lowest BCUT2D eigenvalue weighted by atomic mass is 10.0. The van der Waals surface area contributed by atoms with E-state index in [1.54, 1.807) is 19.1 Å². The first-order valence-corrected chi connectivity index (χ1v) is 7.67. The summed E-state index contributed by atoms with van der Waals surface area (Å²) in [5, 5.41) is 12.0. The molecule has 0 aliphatic heterocycles. The van der Waals surface area contributed by atoms with Crippen molar-refractivity contribution in [1.82, 2.24) is 0 Å². The van der Waals surface area contributed by atoms with Crippen molar-refractivity contribution in [2.24, 2.45) is 5.92 Å². The third kappa shape index (κ3) is 3.11. The van der Waals surface area contributed by atoms with Gasteiger partial charge in [-0.3, -0.25) is 4.79 Å². The number of hydrogen-bond acceptors (Lipinski definition) is 2. The van der Waals surface area contributed by atoms with Crippen LogP contribution >= 0.6 is 0 Å². The summed E-state index contributed by atoms with van der Waals surface area (Å²) in [5.74, 6) is -0.799. The van der Waals surface area contributed by atoms with Gasteiger partial charge in [0.15, 0.2) is 0 Å². The summed E-state index contributed by atoms with van der Waals surface area (Å²) >= 11 is 0. The molecule has 2 aromatic carbocycles. The zero-order valence-corrected chi connectivity index (χ0v) is 13.2. The van der Waals surface area contributed by atoms with Crippen molar-refractivity contribution >= 4 is 17.6 Å². The fourth-order valence-corrected chi connectivity index (χ4v) is 3.00. The molecule has 4 heteroatoms. The van der Waals surface area contributed by atoms with E-state index in [0.717, 1.165) is 6.42 Å². The van der Waals surface area contributed by atoms with Crippen LogP contribution in [0.2, 0.25) is 0 Å². The van der Waals surface area contributed by atoms with Gasteiger partial charge in [-0.15, -0.1) is 0 Å². The van der Waals surface area contributed by atoms with Gasteiger partial charge >= 0.3 is 5.97 Å². The zero-order valence-electron chi connectivity index (χ0n) is 13.2. The molecule has 118 valence electrons. The maximum atomic E-state index is 12.4. The van der Waals surface area contributed by atoms with Crippen LogP contribution < -0.4 is 5.32 Å². The van der Waals surface area contributed by atoms with E-state index < -0.39 is 5.97 Å². The van der Waals surface area contributed by atoms with Crippen molar-refractivity contribution in [3.63, 3.8) is 0 Å². The zero-order chi connectivity index (χ0) is 16.6. The number of hydrogen-bond donors (Lipinski definition) is 2. The van der Waals surface area contributed by atoms with E-state index in [-0.39, 0.29) is 23.3 Å². The van der Waals surface area contributed by atoms with Crippen molar-refractivity contribution < 1.29 is 14.7 Å². The number of amides is 1. The Kier molecular flexibility index (Phi) is 3.90. The molecule has 0 heterocycles. The van der Waals surface area contributed by atoms with Crippen LogP contribution in [0.25, 0.3) is 0 Å². The first kappa shape index (κ1) is 15.3. The topological polar surface area (TPSA) is 66.4 Å². The highest BCUT2D eigenvalue weighted by atomic mass is 16.4. The van der Waals surface area contributed by atoms with Gasteiger partial charge in [0.25, 0.3) is 0 Å². The highest BCUT2D eigenvalue weighted by Crippen LogP contribution is 2.48. The van der Waals surface area contributed by atoms with Gasteiger partial charge in [-0.1, -0.05) is 30.3 Å². The molecule has 1 amide bonds. The normalized spacial score (nSPS) is 19.2. The van der Waals surface area contributed by atoms with Crippen LogP contribution in [-0.2, 0) is 4.79 Å². The smallest absolute Gasteiger partial charge is 0.336 e. The van der Waals surface area contributed by atoms with Crippen molar-refractivity contribution in [2.45, 2.75) is 26.2 Å². The summed E-state index contributed by atoms with van der Waals surface area (Å²) in [4.78, 5) is 23.5. The number of aryl methyl sites for hydroxylation is 2. The highest BCUT2D eigenvalue weighted by Gasteiger charge is 2.44. The Morgan fingerprint density at radius 2 is 1.83 bits per heavy atom. The van der Waals surface area contributed by atoms with Gasteiger partial charge in [0, 0.05) is 11.6 Å². The Labute approximate surface area is 135 Å². The Hall–Kier alpha value is -2.62. The molecule has 0 saturated heterocycles. The van der Waals surface area contributed by atoms with Crippen LogP contribution in [0.3, 0.4) is 0 Å². The van der Waals surface area contributed by atoms with Gasteiger partial charge in [-0.05, 0) is 55.0 Å². The lowest BCUT2D eigenvalue weighted by Gasteiger charge is -2.08. The van der Waals surface area contributed by atoms with Crippen LogP contribution in [0.4, 0.5) is 5.69 Å². The summed E-state index contributed by atoms with van der Waals surface area (Å²) in [6, 6.07) is 13.1. The van der Waals surface area contributed by atoms with E-state index >= 15 is 0 Å². The van der Waals surface area contributed by atoms with Crippen LogP contribution in [-0.4, -0.2) is 17.0 Å². The molecular weight excluding hydrogens is 290 g/mol. The molecule has 0 aromatic heterocycles. The van der Waals surface area contributed by atoms with Crippen molar-refractivity contribution in [1.29, 1.82) is 0 Å². The molecule has 2 aromatic rings. The molecule has 0 spiro atoms. The van der Waals surface area contributed by atoms with E-state index in [2.05, 4.69) is 24.4 Å². The summed E-state index contributed by atoms with van der Waals surface area (Å²) < 4.78 is 0. The summed E-state index contributed by atoms with van der Waals surface area (Å²) in [5.41, 5.74) is 3.86. The van der Waals surface area contributed by atoms with Gasteiger partial charge in [0.05, 0.1) is 5.56 Å². The van der Waals surface area contributed by atoms with Crippen molar-refractivity contribution in [3.05, 3.63) is 64.7 Å². The Morgan fingerprint density at radius 1 is 1.09 bits per heavy atom. The molecule has 2 atom stereocenters. The maximum absolute atomic E-state index is 12.4. The SMILES string of the molecule is Cc1ccc(NC(=O)C2CC2c2ccccc2C)cc1C(=O)O. The van der Waals surface area contributed by atoms with Gasteiger partial charge in [0.1, 0.15) is 0 Å². The minimum Gasteiger partial charge on any atom is -0.478 e. The molecule has 1 fully saturated rings. The highest BCUT2D eigenvalue weighted by molar-refractivity contribution is 5.97. The number of nitrogens with one attached hydrogen (secondary N) is 1.